The van der Waals surface area contributed by atoms with Crippen LogP contribution in [-0.4, -0.2) is 23.8 Å². The van der Waals surface area contributed by atoms with E-state index in [1.165, 1.54) is 19.3 Å². The molecule has 0 aliphatic carbocycles. The van der Waals surface area contributed by atoms with Gasteiger partial charge in [0.05, 0.1) is 13.7 Å². The first-order valence-electron chi connectivity index (χ1n) is 4.98. The van der Waals surface area contributed by atoms with Crippen molar-refractivity contribution in [3.63, 3.8) is 0 Å². The van der Waals surface area contributed by atoms with Crippen LogP contribution in [0.25, 0.3) is 0 Å². The van der Waals surface area contributed by atoms with Crippen molar-refractivity contribution in [2.24, 2.45) is 0 Å². The van der Waals surface area contributed by atoms with E-state index in [1.54, 1.807) is 18.2 Å². The summed E-state index contributed by atoms with van der Waals surface area (Å²) in [5.74, 6) is -0.112. The van der Waals surface area contributed by atoms with Crippen LogP contribution in [0.2, 0.25) is 5.02 Å². The largest absolute Gasteiger partial charge is 0.496 e. The molecule has 0 atom stereocenters. The molecule has 0 saturated carbocycles. The molecule has 1 aromatic carbocycles. The van der Waals surface area contributed by atoms with Crippen LogP contribution in [0, 0.1) is 0 Å². The van der Waals surface area contributed by atoms with Gasteiger partial charge >= 0.3 is 0 Å². The minimum absolute atomic E-state index is 0.119. The third-order valence-electron chi connectivity index (χ3n) is 2.51. The molecule has 4 nitrogen and oxygen atoms in total. The van der Waals surface area contributed by atoms with Crippen LogP contribution < -0.4 is 4.74 Å². The summed E-state index contributed by atoms with van der Waals surface area (Å²) >= 11 is 6.03. The molecule has 0 spiro atoms. The van der Waals surface area contributed by atoms with E-state index in [9.17, 15) is 9.59 Å². The highest BCUT2D eigenvalue weighted by Crippen LogP contribution is 2.28. The predicted octanol–water partition coefficient (Wildman–Crippen LogP) is 1.77. The number of amides is 2. The zero-order valence-electron chi connectivity index (χ0n) is 9.14. The lowest BCUT2D eigenvalue weighted by Crippen LogP contribution is -2.29. The second-order valence-electron chi connectivity index (χ2n) is 3.52. The van der Waals surface area contributed by atoms with Crippen LogP contribution in [-0.2, 0) is 16.1 Å². The first-order valence-corrected chi connectivity index (χ1v) is 5.36. The first kappa shape index (κ1) is 11.7. The van der Waals surface area contributed by atoms with Gasteiger partial charge in [-0.25, -0.2) is 0 Å². The van der Waals surface area contributed by atoms with Gasteiger partial charge in [0, 0.05) is 22.7 Å². The third kappa shape index (κ3) is 2.17. The number of ether oxygens (including phenoxy) is 1. The number of rotatable bonds is 3. The van der Waals surface area contributed by atoms with Crippen molar-refractivity contribution < 1.29 is 14.3 Å². The van der Waals surface area contributed by atoms with Crippen molar-refractivity contribution in [2.75, 3.05) is 7.11 Å². The molecule has 88 valence electrons. The maximum Gasteiger partial charge on any atom is 0.253 e. The van der Waals surface area contributed by atoms with Gasteiger partial charge in [0.2, 0.25) is 0 Å². The molecule has 1 aromatic rings. The monoisotopic (exact) mass is 251 g/mol. The average molecular weight is 252 g/mol. The summed E-state index contributed by atoms with van der Waals surface area (Å²) in [5, 5.41) is 0.469. The Morgan fingerprint density at radius 2 is 1.88 bits per heavy atom. The van der Waals surface area contributed by atoms with Crippen molar-refractivity contribution in [2.45, 2.75) is 6.54 Å². The number of hydrogen-bond donors (Lipinski definition) is 0. The minimum Gasteiger partial charge on any atom is -0.496 e. The van der Waals surface area contributed by atoms with Crippen molar-refractivity contribution >= 4 is 23.4 Å². The lowest BCUT2D eigenvalue weighted by atomic mass is 10.2. The van der Waals surface area contributed by atoms with E-state index in [-0.39, 0.29) is 18.4 Å². The normalized spacial score (nSPS) is 14.6. The molecule has 0 saturated heterocycles. The quantitative estimate of drug-likeness (QED) is 0.770. The van der Waals surface area contributed by atoms with Crippen molar-refractivity contribution in [3.05, 3.63) is 40.9 Å². The van der Waals surface area contributed by atoms with E-state index in [1.807, 2.05) is 0 Å². The Hall–Kier alpha value is -1.81. The summed E-state index contributed by atoms with van der Waals surface area (Å²) in [6.45, 7) is 0.119. The average Bonchev–Trinajstić information content (AvgIpc) is 2.63. The van der Waals surface area contributed by atoms with Crippen LogP contribution in [0.15, 0.2) is 30.4 Å². The Bertz CT molecular complexity index is 492. The minimum atomic E-state index is -0.336. The van der Waals surface area contributed by atoms with Gasteiger partial charge in [-0.3, -0.25) is 14.5 Å². The summed E-state index contributed by atoms with van der Waals surface area (Å²) in [6.07, 6.45) is 2.48. The number of carbonyl (C=O) groups is 2. The lowest BCUT2D eigenvalue weighted by Gasteiger charge is -2.17. The Morgan fingerprint density at radius 3 is 2.47 bits per heavy atom. The number of hydrogen-bond acceptors (Lipinski definition) is 3. The molecule has 1 heterocycles. The molecule has 0 N–H and O–H groups in total. The fourth-order valence-electron chi connectivity index (χ4n) is 1.63. The zero-order valence-corrected chi connectivity index (χ0v) is 9.90. The van der Waals surface area contributed by atoms with Crippen molar-refractivity contribution in [1.29, 1.82) is 0 Å². The third-order valence-corrected chi connectivity index (χ3v) is 2.87. The van der Waals surface area contributed by atoms with Gasteiger partial charge in [-0.2, -0.15) is 0 Å². The Morgan fingerprint density at radius 1 is 1.24 bits per heavy atom. The highest BCUT2D eigenvalue weighted by atomic mass is 35.5. The summed E-state index contributed by atoms with van der Waals surface area (Å²) < 4.78 is 5.15. The van der Waals surface area contributed by atoms with E-state index in [0.29, 0.717) is 16.3 Å². The summed E-state index contributed by atoms with van der Waals surface area (Å²) in [4.78, 5) is 24.0. The van der Waals surface area contributed by atoms with Gasteiger partial charge in [-0.15, -0.1) is 0 Å². The zero-order chi connectivity index (χ0) is 12.4. The highest BCUT2D eigenvalue weighted by molar-refractivity contribution is 6.31. The van der Waals surface area contributed by atoms with Gasteiger partial charge in [0.1, 0.15) is 5.75 Å². The highest BCUT2D eigenvalue weighted by Gasteiger charge is 2.25. The second-order valence-corrected chi connectivity index (χ2v) is 3.92. The number of methoxy groups -OCH3 is 1. The maximum absolute atomic E-state index is 11.4. The molecule has 0 bridgehead atoms. The Kier molecular flexibility index (Phi) is 3.15. The molecule has 17 heavy (non-hydrogen) atoms. The topological polar surface area (TPSA) is 46.6 Å². The molecular weight excluding hydrogens is 242 g/mol. The molecule has 0 fully saturated rings. The fourth-order valence-corrected chi connectivity index (χ4v) is 1.85. The van der Waals surface area contributed by atoms with E-state index in [4.69, 9.17) is 16.3 Å². The lowest BCUT2D eigenvalue weighted by molar-refractivity contribution is -0.137. The number of halogens is 1. The van der Waals surface area contributed by atoms with Crippen LogP contribution in [0.1, 0.15) is 5.56 Å². The van der Waals surface area contributed by atoms with Gasteiger partial charge in [0.15, 0.2) is 0 Å². The molecule has 1 aliphatic heterocycles. The Balaban J connectivity index is 2.30. The van der Waals surface area contributed by atoms with Gasteiger partial charge in [-0.05, 0) is 12.1 Å². The predicted molar refractivity (Wildman–Crippen MR) is 62.7 cm³/mol. The summed E-state index contributed by atoms with van der Waals surface area (Å²) in [6, 6.07) is 5.17. The van der Waals surface area contributed by atoms with E-state index >= 15 is 0 Å². The van der Waals surface area contributed by atoms with Gasteiger partial charge < -0.3 is 4.74 Å². The summed E-state index contributed by atoms with van der Waals surface area (Å²) in [7, 11) is 1.51. The fraction of sp³-hybridized carbons (Fsp3) is 0.167. The molecule has 0 unspecified atom stereocenters. The number of nitrogens with zero attached hydrogens (tertiary/aromatic N) is 1. The summed E-state index contributed by atoms with van der Waals surface area (Å²) in [5.41, 5.74) is 0.627. The van der Waals surface area contributed by atoms with Gasteiger partial charge in [-0.1, -0.05) is 17.7 Å². The number of benzene rings is 1. The molecular formula is C12H10ClNO3. The van der Waals surface area contributed by atoms with Crippen molar-refractivity contribution in [1.82, 2.24) is 4.90 Å². The molecule has 5 heteroatoms. The smallest absolute Gasteiger partial charge is 0.253 e. The molecule has 1 aliphatic rings. The Labute approximate surface area is 103 Å². The van der Waals surface area contributed by atoms with Crippen molar-refractivity contribution in [3.8, 4) is 5.75 Å². The molecule has 2 amide bonds. The van der Waals surface area contributed by atoms with E-state index in [0.717, 1.165) is 4.90 Å². The maximum atomic E-state index is 11.4. The van der Waals surface area contributed by atoms with Crippen LogP contribution in [0.5, 0.6) is 5.75 Å². The number of imide groups is 1. The van der Waals surface area contributed by atoms with Crippen LogP contribution in [0.3, 0.4) is 0 Å². The molecule has 0 aromatic heterocycles. The SMILES string of the molecule is COc1cccc(Cl)c1CN1C(=O)C=CC1=O. The van der Waals surface area contributed by atoms with E-state index in [2.05, 4.69) is 0 Å². The number of carbonyl (C=O) groups excluding carboxylic acids is 2. The second kappa shape index (κ2) is 4.59. The molecule has 0 radical (unpaired) electrons. The standard InChI is InChI=1S/C12H10ClNO3/c1-17-10-4-2-3-9(13)8(10)7-14-11(15)5-6-12(14)16/h2-6H,7H2,1H3. The first-order chi connectivity index (χ1) is 8.13. The van der Waals surface area contributed by atoms with Crippen LogP contribution in [0.4, 0.5) is 0 Å². The van der Waals surface area contributed by atoms with E-state index < -0.39 is 0 Å². The van der Waals surface area contributed by atoms with Crippen LogP contribution >= 0.6 is 11.6 Å². The van der Waals surface area contributed by atoms with Gasteiger partial charge in [0.25, 0.3) is 11.8 Å². The molecule has 2 rings (SSSR count).